The molecule has 0 N–H and O–H groups in total. The zero-order valence-electron chi connectivity index (χ0n) is 9.79. The lowest BCUT2D eigenvalue weighted by Gasteiger charge is -2.38. The van der Waals surface area contributed by atoms with Crippen LogP contribution in [0.15, 0.2) is 30.3 Å². The largest absolute Gasteiger partial charge is 0.399 e. The van der Waals surface area contributed by atoms with Crippen LogP contribution in [0.1, 0.15) is 25.8 Å². The van der Waals surface area contributed by atoms with E-state index in [1.54, 1.807) is 18.2 Å². The standard InChI is InChI=1S/C13H15F3O/c1-3-12(10(2)9-17,13(14,15)16)11-7-5-4-6-8-11/h4-10H,3H2,1-2H3. The molecule has 17 heavy (non-hydrogen) atoms. The van der Waals surface area contributed by atoms with Crippen LogP contribution in [0.5, 0.6) is 0 Å². The number of aldehydes is 1. The van der Waals surface area contributed by atoms with Crippen LogP contribution in [-0.4, -0.2) is 12.5 Å². The second kappa shape index (κ2) is 4.90. The number of halogens is 3. The summed E-state index contributed by atoms with van der Waals surface area (Å²) in [5, 5.41) is 0. The minimum absolute atomic E-state index is 0.148. The van der Waals surface area contributed by atoms with Gasteiger partial charge in [0.2, 0.25) is 0 Å². The van der Waals surface area contributed by atoms with E-state index in [4.69, 9.17) is 0 Å². The molecule has 2 unspecified atom stereocenters. The number of hydrogen-bond acceptors (Lipinski definition) is 1. The van der Waals surface area contributed by atoms with Crippen molar-refractivity contribution in [3.8, 4) is 0 Å². The average Bonchev–Trinajstić information content (AvgIpc) is 2.30. The second-order valence-corrected chi connectivity index (χ2v) is 4.11. The molecule has 0 bridgehead atoms. The Morgan fingerprint density at radius 3 is 2.12 bits per heavy atom. The van der Waals surface area contributed by atoms with E-state index >= 15 is 0 Å². The normalized spacial score (nSPS) is 17.2. The monoisotopic (exact) mass is 244 g/mol. The van der Waals surface area contributed by atoms with Crippen LogP contribution in [0.3, 0.4) is 0 Å². The van der Waals surface area contributed by atoms with Gasteiger partial charge in [0, 0.05) is 5.92 Å². The van der Waals surface area contributed by atoms with Gasteiger partial charge in [0.15, 0.2) is 0 Å². The molecule has 1 rings (SSSR count). The molecule has 1 nitrogen and oxygen atoms in total. The molecule has 0 aliphatic carbocycles. The first-order chi connectivity index (χ1) is 7.90. The highest BCUT2D eigenvalue weighted by atomic mass is 19.4. The van der Waals surface area contributed by atoms with Gasteiger partial charge >= 0.3 is 6.18 Å². The molecule has 0 aromatic heterocycles. The van der Waals surface area contributed by atoms with Gasteiger partial charge < -0.3 is 4.79 Å². The van der Waals surface area contributed by atoms with Crippen molar-refractivity contribution in [2.45, 2.75) is 31.9 Å². The molecule has 1 aromatic rings. The third kappa shape index (κ3) is 2.21. The van der Waals surface area contributed by atoms with Crippen molar-refractivity contribution in [1.82, 2.24) is 0 Å². The minimum Gasteiger partial charge on any atom is -0.303 e. The van der Waals surface area contributed by atoms with Crippen molar-refractivity contribution in [2.24, 2.45) is 5.92 Å². The van der Waals surface area contributed by atoms with Crippen LogP contribution >= 0.6 is 0 Å². The van der Waals surface area contributed by atoms with Gasteiger partial charge in [0.1, 0.15) is 6.29 Å². The van der Waals surface area contributed by atoms with E-state index in [0.29, 0.717) is 6.29 Å². The lowest BCUT2D eigenvalue weighted by atomic mass is 9.69. The Labute approximate surface area is 98.6 Å². The molecular weight excluding hydrogens is 229 g/mol. The fourth-order valence-corrected chi connectivity index (χ4v) is 2.26. The third-order valence-corrected chi connectivity index (χ3v) is 3.33. The molecule has 0 radical (unpaired) electrons. The highest BCUT2D eigenvalue weighted by Gasteiger charge is 2.57. The minimum atomic E-state index is -4.44. The smallest absolute Gasteiger partial charge is 0.303 e. The van der Waals surface area contributed by atoms with Gasteiger partial charge in [-0.1, -0.05) is 44.2 Å². The highest BCUT2D eigenvalue weighted by molar-refractivity contribution is 5.58. The van der Waals surface area contributed by atoms with Gasteiger partial charge in [0.25, 0.3) is 0 Å². The van der Waals surface area contributed by atoms with Gasteiger partial charge in [-0.3, -0.25) is 0 Å². The Balaban J connectivity index is 3.42. The van der Waals surface area contributed by atoms with Crippen molar-refractivity contribution in [1.29, 1.82) is 0 Å². The van der Waals surface area contributed by atoms with E-state index in [2.05, 4.69) is 0 Å². The first kappa shape index (κ1) is 13.7. The Kier molecular flexibility index (Phi) is 3.96. The van der Waals surface area contributed by atoms with Gasteiger partial charge in [-0.2, -0.15) is 13.2 Å². The molecule has 0 aliphatic rings. The maximum absolute atomic E-state index is 13.3. The molecule has 4 heteroatoms. The summed E-state index contributed by atoms with van der Waals surface area (Å²) < 4.78 is 40.0. The molecule has 0 saturated heterocycles. The van der Waals surface area contributed by atoms with E-state index in [-0.39, 0.29) is 12.0 Å². The summed E-state index contributed by atoms with van der Waals surface area (Å²) in [6.07, 6.45) is -4.21. The zero-order chi connectivity index (χ0) is 13.1. The maximum atomic E-state index is 13.3. The zero-order valence-corrected chi connectivity index (χ0v) is 9.79. The predicted molar refractivity (Wildman–Crippen MR) is 59.7 cm³/mol. The number of carbonyl (C=O) groups is 1. The van der Waals surface area contributed by atoms with Crippen molar-refractivity contribution in [3.63, 3.8) is 0 Å². The second-order valence-electron chi connectivity index (χ2n) is 4.11. The SMILES string of the molecule is CCC(c1ccccc1)(C(C)C=O)C(F)(F)F. The summed E-state index contributed by atoms with van der Waals surface area (Å²) in [6.45, 7) is 2.78. The topological polar surface area (TPSA) is 17.1 Å². The molecule has 0 amide bonds. The van der Waals surface area contributed by atoms with Crippen LogP contribution < -0.4 is 0 Å². The Hall–Kier alpha value is -1.32. The summed E-state index contributed by atoms with van der Waals surface area (Å²) in [4.78, 5) is 10.8. The number of benzene rings is 1. The lowest BCUT2D eigenvalue weighted by molar-refractivity contribution is -0.205. The average molecular weight is 244 g/mol. The number of hydrogen-bond donors (Lipinski definition) is 0. The summed E-state index contributed by atoms with van der Waals surface area (Å²) in [7, 11) is 0. The molecule has 2 atom stereocenters. The van der Waals surface area contributed by atoms with Crippen molar-refractivity contribution in [3.05, 3.63) is 35.9 Å². The summed E-state index contributed by atoms with van der Waals surface area (Å²) >= 11 is 0. The quantitative estimate of drug-likeness (QED) is 0.737. The van der Waals surface area contributed by atoms with E-state index < -0.39 is 17.5 Å². The van der Waals surface area contributed by atoms with Gasteiger partial charge in [-0.15, -0.1) is 0 Å². The van der Waals surface area contributed by atoms with E-state index in [9.17, 15) is 18.0 Å². The first-order valence-electron chi connectivity index (χ1n) is 5.47. The number of alkyl halides is 3. The first-order valence-corrected chi connectivity index (χ1v) is 5.47. The Morgan fingerprint density at radius 1 is 1.24 bits per heavy atom. The third-order valence-electron chi connectivity index (χ3n) is 3.33. The summed E-state index contributed by atoms with van der Waals surface area (Å²) in [5.74, 6) is -1.10. The van der Waals surface area contributed by atoms with Crippen LogP contribution in [0.25, 0.3) is 0 Å². The number of carbonyl (C=O) groups excluding carboxylic acids is 1. The van der Waals surface area contributed by atoms with Crippen LogP contribution in [0, 0.1) is 5.92 Å². The lowest BCUT2D eigenvalue weighted by Crippen LogP contribution is -2.47. The molecule has 94 valence electrons. The van der Waals surface area contributed by atoms with Crippen LogP contribution in [0.2, 0.25) is 0 Å². The van der Waals surface area contributed by atoms with Gasteiger partial charge in [-0.25, -0.2) is 0 Å². The highest BCUT2D eigenvalue weighted by Crippen LogP contribution is 2.48. The van der Waals surface area contributed by atoms with Crippen molar-refractivity contribution < 1.29 is 18.0 Å². The fourth-order valence-electron chi connectivity index (χ4n) is 2.26. The van der Waals surface area contributed by atoms with Gasteiger partial charge in [0.05, 0.1) is 5.41 Å². The summed E-state index contributed by atoms with van der Waals surface area (Å²) in [6, 6.07) is 7.63. The molecule has 0 aliphatic heterocycles. The van der Waals surface area contributed by atoms with Crippen molar-refractivity contribution in [2.75, 3.05) is 0 Å². The molecule has 0 saturated carbocycles. The molecule has 0 spiro atoms. The molecule has 0 heterocycles. The van der Waals surface area contributed by atoms with Crippen molar-refractivity contribution >= 4 is 6.29 Å². The summed E-state index contributed by atoms with van der Waals surface area (Å²) in [5.41, 5.74) is -1.94. The van der Waals surface area contributed by atoms with Crippen LogP contribution in [-0.2, 0) is 10.2 Å². The maximum Gasteiger partial charge on any atom is 0.399 e. The fraction of sp³-hybridized carbons (Fsp3) is 0.462. The molecular formula is C13H15F3O. The van der Waals surface area contributed by atoms with E-state index in [1.165, 1.54) is 26.0 Å². The van der Waals surface area contributed by atoms with E-state index in [0.717, 1.165) is 0 Å². The Bertz CT molecular complexity index is 372. The molecule has 0 fully saturated rings. The van der Waals surface area contributed by atoms with Gasteiger partial charge in [-0.05, 0) is 12.0 Å². The Morgan fingerprint density at radius 2 is 1.76 bits per heavy atom. The predicted octanol–water partition coefficient (Wildman–Crippen LogP) is 3.73. The number of rotatable bonds is 4. The van der Waals surface area contributed by atoms with E-state index in [1.807, 2.05) is 0 Å². The van der Waals surface area contributed by atoms with Crippen LogP contribution in [0.4, 0.5) is 13.2 Å². The molecule has 1 aromatic carbocycles.